The maximum atomic E-state index is 4.29. The first-order chi connectivity index (χ1) is 9.01. The molecule has 0 bridgehead atoms. The summed E-state index contributed by atoms with van der Waals surface area (Å²) in [5, 5.41) is 13.8. The highest BCUT2D eigenvalue weighted by atomic mass is 32.1. The molecule has 0 saturated carbocycles. The van der Waals surface area contributed by atoms with Gasteiger partial charge in [-0.15, -0.1) is 10.2 Å². The Kier molecular flexibility index (Phi) is 7.31. The average Bonchev–Trinajstić information content (AvgIpc) is 2.72. The van der Waals surface area contributed by atoms with Gasteiger partial charge in [-0.1, -0.05) is 46.0 Å². The van der Waals surface area contributed by atoms with E-state index in [9.17, 15) is 0 Å². The molecular formula is C14H28N4S. The average molecular weight is 284 g/mol. The first-order valence-electron chi connectivity index (χ1n) is 7.29. The van der Waals surface area contributed by atoms with E-state index in [2.05, 4.69) is 55.0 Å². The molecule has 0 aliphatic rings. The van der Waals surface area contributed by atoms with Crippen LogP contribution in [0.4, 0.5) is 5.13 Å². The molecule has 0 saturated heterocycles. The van der Waals surface area contributed by atoms with Crippen molar-refractivity contribution in [2.45, 2.75) is 47.6 Å². The number of hydrogen-bond donors (Lipinski definition) is 1. The van der Waals surface area contributed by atoms with Crippen LogP contribution in [-0.2, 0) is 6.54 Å². The third-order valence-corrected chi connectivity index (χ3v) is 3.46. The molecule has 0 unspecified atom stereocenters. The predicted octanol–water partition coefficient (Wildman–Crippen LogP) is 3.47. The first kappa shape index (κ1) is 16.4. The minimum absolute atomic E-state index is 0.685. The summed E-state index contributed by atoms with van der Waals surface area (Å²) in [4.78, 5) is 2.49. The van der Waals surface area contributed by atoms with Gasteiger partial charge in [0.1, 0.15) is 5.01 Å². The predicted molar refractivity (Wildman–Crippen MR) is 83.6 cm³/mol. The van der Waals surface area contributed by atoms with E-state index >= 15 is 0 Å². The Bertz CT molecular complexity index is 339. The van der Waals surface area contributed by atoms with Gasteiger partial charge in [0.25, 0.3) is 0 Å². The topological polar surface area (TPSA) is 41.1 Å². The Morgan fingerprint density at radius 3 is 2.26 bits per heavy atom. The number of hydrogen-bond acceptors (Lipinski definition) is 5. The molecule has 5 heteroatoms. The molecule has 0 aliphatic heterocycles. The normalized spacial score (nSPS) is 11.8. The van der Waals surface area contributed by atoms with Crippen molar-refractivity contribution in [2.24, 2.45) is 11.8 Å². The SMILES string of the molecule is CCCNc1nnc(CN(CC(C)C)CC(C)C)s1. The van der Waals surface area contributed by atoms with E-state index in [1.165, 1.54) is 0 Å². The van der Waals surface area contributed by atoms with E-state index in [1.54, 1.807) is 11.3 Å². The third kappa shape index (κ3) is 6.87. The van der Waals surface area contributed by atoms with Crippen LogP contribution in [0.3, 0.4) is 0 Å². The second kappa shape index (κ2) is 8.48. The zero-order valence-electron chi connectivity index (χ0n) is 12.9. The Hall–Kier alpha value is -0.680. The lowest BCUT2D eigenvalue weighted by Crippen LogP contribution is -2.30. The fourth-order valence-electron chi connectivity index (χ4n) is 2.05. The van der Waals surface area contributed by atoms with Gasteiger partial charge in [0.2, 0.25) is 5.13 Å². The van der Waals surface area contributed by atoms with Crippen molar-refractivity contribution < 1.29 is 0 Å². The summed E-state index contributed by atoms with van der Waals surface area (Å²) >= 11 is 1.68. The van der Waals surface area contributed by atoms with Crippen LogP contribution in [0.15, 0.2) is 0 Å². The van der Waals surface area contributed by atoms with Gasteiger partial charge in [0.05, 0.1) is 6.54 Å². The van der Waals surface area contributed by atoms with Crippen LogP contribution in [0.2, 0.25) is 0 Å². The van der Waals surface area contributed by atoms with Gasteiger partial charge >= 0.3 is 0 Å². The van der Waals surface area contributed by atoms with Gasteiger partial charge in [0, 0.05) is 19.6 Å². The molecule has 0 radical (unpaired) electrons. The molecule has 1 aromatic heterocycles. The number of rotatable bonds is 9. The van der Waals surface area contributed by atoms with Crippen LogP contribution in [0.5, 0.6) is 0 Å². The second-order valence-electron chi connectivity index (χ2n) is 5.91. The Balaban J connectivity index is 2.54. The summed E-state index contributed by atoms with van der Waals surface area (Å²) in [7, 11) is 0. The first-order valence-corrected chi connectivity index (χ1v) is 8.11. The maximum absolute atomic E-state index is 4.29. The standard InChI is InChI=1S/C14H28N4S/c1-6-7-15-14-17-16-13(19-14)10-18(8-11(2)3)9-12(4)5/h11-12H,6-10H2,1-5H3,(H,15,17). The highest BCUT2D eigenvalue weighted by molar-refractivity contribution is 7.15. The largest absolute Gasteiger partial charge is 0.360 e. The van der Waals surface area contributed by atoms with Crippen LogP contribution in [-0.4, -0.2) is 34.7 Å². The fraction of sp³-hybridized carbons (Fsp3) is 0.857. The van der Waals surface area contributed by atoms with E-state index in [4.69, 9.17) is 0 Å². The molecule has 0 atom stereocenters. The zero-order chi connectivity index (χ0) is 14.3. The van der Waals surface area contributed by atoms with Crippen molar-refractivity contribution in [3.63, 3.8) is 0 Å². The van der Waals surface area contributed by atoms with Gasteiger partial charge in [0.15, 0.2) is 0 Å². The second-order valence-corrected chi connectivity index (χ2v) is 6.97. The van der Waals surface area contributed by atoms with Crippen molar-refractivity contribution in [2.75, 3.05) is 25.0 Å². The van der Waals surface area contributed by atoms with Gasteiger partial charge in [-0.05, 0) is 18.3 Å². The fourth-order valence-corrected chi connectivity index (χ4v) is 2.86. The summed E-state index contributed by atoms with van der Waals surface area (Å²) in [6.07, 6.45) is 1.11. The molecule has 4 nitrogen and oxygen atoms in total. The third-order valence-electron chi connectivity index (χ3n) is 2.60. The van der Waals surface area contributed by atoms with Crippen LogP contribution in [0.25, 0.3) is 0 Å². The van der Waals surface area contributed by atoms with Crippen LogP contribution in [0.1, 0.15) is 46.0 Å². The van der Waals surface area contributed by atoms with Crippen molar-refractivity contribution >= 4 is 16.5 Å². The molecule has 0 spiro atoms. The van der Waals surface area contributed by atoms with E-state index in [0.29, 0.717) is 11.8 Å². The van der Waals surface area contributed by atoms with Gasteiger partial charge in [-0.3, -0.25) is 4.90 Å². The summed E-state index contributed by atoms with van der Waals surface area (Å²) in [5.74, 6) is 1.37. The Morgan fingerprint density at radius 1 is 1.11 bits per heavy atom. The van der Waals surface area contributed by atoms with Crippen molar-refractivity contribution in [1.29, 1.82) is 0 Å². The summed E-state index contributed by atoms with van der Waals surface area (Å²) < 4.78 is 0. The number of anilines is 1. The number of aromatic nitrogens is 2. The van der Waals surface area contributed by atoms with Crippen LogP contribution in [0, 0.1) is 11.8 Å². The highest BCUT2D eigenvalue weighted by Gasteiger charge is 2.13. The highest BCUT2D eigenvalue weighted by Crippen LogP contribution is 2.18. The zero-order valence-corrected chi connectivity index (χ0v) is 13.8. The Morgan fingerprint density at radius 2 is 1.74 bits per heavy atom. The Labute approximate surface area is 121 Å². The molecule has 1 heterocycles. The molecule has 0 aliphatic carbocycles. The van der Waals surface area contributed by atoms with Crippen LogP contribution >= 0.6 is 11.3 Å². The number of nitrogens with zero attached hydrogens (tertiary/aromatic N) is 3. The molecule has 1 rings (SSSR count). The summed E-state index contributed by atoms with van der Waals surface area (Å²) in [6, 6.07) is 0. The van der Waals surface area contributed by atoms with E-state index in [1.807, 2.05) is 0 Å². The summed E-state index contributed by atoms with van der Waals surface area (Å²) in [5.41, 5.74) is 0. The lowest BCUT2D eigenvalue weighted by molar-refractivity contribution is 0.211. The number of nitrogens with one attached hydrogen (secondary N) is 1. The summed E-state index contributed by atoms with van der Waals surface area (Å²) in [6.45, 7) is 15.3. The maximum Gasteiger partial charge on any atom is 0.205 e. The quantitative estimate of drug-likeness (QED) is 0.754. The molecule has 1 N–H and O–H groups in total. The minimum atomic E-state index is 0.685. The van der Waals surface area contributed by atoms with E-state index in [0.717, 1.165) is 42.7 Å². The van der Waals surface area contributed by atoms with E-state index in [-0.39, 0.29) is 0 Å². The minimum Gasteiger partial charge on any atom is -0.360 e. The van der Waals surface area contributed by atoms with Crippen molar-refractivity contribution in [1.82, 2.24) is 15.1 Å². The molecule has 110 valence electrons. The monoisotopic (exact) mass is 284 g/mol. The molecule has 1 aromatic rings. The molecular weight excluding hydrogens is 256 g/mol. The van der Waals surface area contributed by atoms with Crippen molar-refractivity contribution in [3.05, 3.63) is 5.01 Å². The van der Waals surface area contributed by atoms with Gasteiger partial charge < -0.3 is 5.32 Å². The van der Waals surface area contributed by atoms with E-state index < -0.39 is 0 Å². The molecule has 19 heavy (non-hydrogen) atoms. The lowest BCUT2D eigenvalue weighted by Gasteiger charge is -2.24. The lowest BCUT2D eigenvalue weighted by atomic mass is 10.1. The molecule has 0 fully saturated rings. The smallest absolute Gasteiger partial charge is 0.205 e. The molecule has 0 amide bonds. The van der Waals surface area contributed by atoms with Crippen molar-refractivity contribution in [3.8, 4) is 0 Å². The van der Waals surface area contributed by atoms with Gasteiger partial charge in [-0.2, -0.15) is 0 Å². The van der Waals surface area contributed by atoms with Gasteiger partial charge in [-0.25, -0.2) is 0 Å². The molecule has 0 aromatic carbocycles. The van der Waals surface area contributed by atoms with Crippen LogP contribution < -0.4 is 5.32 Å².